The molecule has 3 rings (SSSR count). The summed E-state index contributed by atoms with van der Waals surface area (Å²) in [7, 11) is 0. The molecule has 1 N–H and O–H groups in total. The van der Waals surface area contributed by atoms with Crippen LogP contribution in [-0.4, -0.2) is 29.6 Å². The first kappa shape index (κ1) is 11.6. The highest BCUT2D eigenvalue weighted by atomic mass is 16.7. The van der Waals surface area contributed by atoms with Crippen LogP contribution in [0.5, 0.6) is 0 Å². The van der Waals surface area contributed by atoms with Gasteiger partial charge in [-0.3, -0.25) is 4.98 Å². The van der Waals surface area contributed by atoms with Gasteiger partial charge in [0.2, 0.25) is 0 Å². The van der Waals surface area contributed by atoms with Crippen molar-refractivity contribution < 1.29 is 14.6 Å². The summed E-state index contributed by atoms with van der Waals surface area (Å²) in [5, 5.41) is 11.3. The molecule has 0 aliphatic carbocycles. The van der Waals surface area contributed by atoms with Crippen molar-refractivity contribution in [1.29, 1.82) is 0 Å². The molecule has 1 aromatic carbocycles. The van der Waals surface area contributed by atoms with Crippen molar-refractivity contribution >= 4 is 10.9 Å². The Balaban J connectivity index is 1.88. The van der Waals surface area contributed by atoms with Crippen LogP contribution in [0.3, 0.4) is 0 Å². The van der Waals surface area contributed by atoms with E-state index in [4.69, 9.17) is 9.47 Å². The number of hydrogen-bond donors (Lipinski definition) is 1. The zero-order valence-corrected chi connectivity index (χ0v) is 9.95. The van der Waals surface area contributed by atoms with Gasteiger partial charge < -0.3 is 14.6 Å². The fraction of sp³-hybridized carbons (Fsp3) is 0.357. The Morgan fingerprint density at radius 3 is 2.89 bits per heavy atom. The Morgan fingerprint density at radius 2 is 2.06 bits per heavy atom. The van der Waals surface area contributed by atoms with E-state index < -0.39 is 6.10 Å². The van der Waals surface area contributed by atoms with E-state index in [1.807, 2.05) is 30.3 Å². The van der Waals surface area contributed by atoms with Gasteiger partial charge in [0, 0.05) is 18.0 Å². The molecule has 0 spiro atoms. The van der Waals surface area contributed by atoms with E-state index in [0.717, 1.165) is 16.5 Å². The van der Waals surface area contributed by atoms with Crippen molar-refractivity contribution in [3.8, 4) is 0 Å². The average molecular weight is 245 g/mol. The number of aliphatic hydroxyl groups excluding tert-OH is 1. The van der Waals surface area contributed by atoms with Crippen LogP contribution in [0.25, 0.3) is 10.9 Å². The van der Waals surface area contributed by atoms with Gasteiger partial charge >= 0.3 is 0 Å². The molecule has 2 heterocycles. The molecule has 1 aliphatic heterocycles. The molecule has 1 aliphatic rings. The van der Waals surface area contributed by atoms with Gasteiger partial charge in [-0.25, -0.2) is 0 Å². The second-order valence-corrected chi connectivity index (χ2v) is 4.34. The van der Waals surface area contributed by atoms with Gasteiger partial charge in [-0.1, -0.05) is 18.2 Å². The van der Waals surface area contributed by atoms with E-state index in [2.05, 4.69) is 4.98 Å². The maximum atomic E-state index is 10.3. The number of pyridine rings is 1. The van der Waals surface area contributed by atoms with Gasteiger partial charge in [0.1, 0.15) is 0 Å². The summed E-state index contributed by atoms with van der Waals surface area (Å²) in [5.74, 6) is 0. The van der Waals surface area contributed by atoms with Crippen molar-refractivity contribution in [3.63, 3.8) is 0 Å². The quantitative estimate of drug-likeness (QED) is 0.899. The number of ether oxygens (including phenoxy) is 2. The van der Waals surface area contributed by atoms with E-state index >= 15 is 0 Å². The molecule has 2 aromatic rings. The SMILES string of the molecule is OC(CC1OCCO1)c1cccc2ncccc12. The third-order valence-corrected chi connectivity index (χ3v) is 3.14. The highest BCUT2D eigenvalue weighted by Gasteiger charge is 2.22. The first-order chi connectivity index (χ1) is 8.84. The van der Waals surface area contributed by atoms with Gasteiger partial charge in [0.05, 0.1) is 24.8 Å². The third-order valence-electron chi connectivity index (χ3n) is 3.14. The second kappa shape index (κ2) is 5.02. The van der Waals surface area contributed by atoms with Crippen molar-refractivity contribution in [1.82, 2.24) is 4.98 Å². The fourth-order valence-electron chi connectivity index (χ4n) is 2.27. The minimum Gasteiger partial charge on any atom is -0.388 e. The Hall–Kier alpha value is -1.49. The lowest BCUT2D eigenvalue weighted by molar-refractivity contribution is -0.0705. The van der Waals surface area contributed by atoms with Crippen LogP contribution in [-0.2, 0) is 9.47 Å². The lowest BCUT2D eigenvalue weighted by Crippen LogP contribution is -2.13. The number of aromatic nitrogens is 1. The summed E-state index contributed by atoms with van der Waals surface area (Å²) in [5.41, 5.74) is 1.77. The zero-order chi connectivity index (χ0) is 12.4. The smallest absolute Gasteiger partial charge is 0.160 e. The third kappa shape index (κ3) is 2.22. The van der Waals surface area contributed by atoms with E-state index in [1.54, 1.807) is 6.20 Å². The first-order valence-corrected chi connectivity index (χ1v) is 6.09. The summed E-state index contributed by atoms with van der Waals surface area (Å²) in [4.78, 5) is 4.28. The highest BCUT2D eigenvalue weighted by Crippen LogP contribution is 2.27. The normalized spacial score (nSPS) is 18.3. The molecule has 1 aromatic heterocycles. The topological polar surface area (TPSA) is 51.6 Å². The molecule has 18 heavy (non-hydrogen) atoms. The molecule has 1 unspecified atom stereocenters. The summed E-state index contributed by atoms with van der Waals surface area (Å²) >= 11 is 0. The van der Waals surface area contributed by atoms with E-state index in [1.165, 1.54) is 0 Å². The van der Waals surface area contributed by atoms with Crippen LogP contribution >= 0.6 is 0 Å². The van der Waals surface area contributed by atoms with Crippen LogP contribution in [0.15, 0.2) is 36.5 Å². The van der Waals surface area contributed by atoms with Crippen molar-refractivity contribution in [2.75, 3.05) is 13.2 Å². The molecule has 1 fully saturated rings. The number of rotatable bonds is 3. The Bertz CT molecular complexity index is 532. The summed E-state index contributed by atoms with van der Waals surface area (Å²) in [6.07, 6.45) is 1.31. The van der Waals surface area contributed by atoms with Crippen LogP contribution in [0.4, 0.5) is 0 Å². The van der Waals surface area contributed by atoms with Crippen LogP contribution in [0, 0.1) is 0 Å². The summed E-state index contributed by atoms with van der Waals surface area (Å²) < 4.78 is 10.7. The molecule has 0 amide bonds. The molecule has 0 bridgehead atoms. The molecular formula is C14H15NO3. The molecule has 94 valence electrons. The number of aliphatic hydroxyl groups is 1. The molecule has 1 saturated heterocycles. The van der Waals surface area contributed by atoms with Crippen LogP contribution < -0.4 is 0 Å². The number of nitrogens with zero attached hydrogens (tertiary/aromatic N) is 1. The minimum atomic E-state index is -0.596. The Morgan fingerprint density at radius 1 is 1.22 bits per heavy atom. The first-order valence-electron chi connectivity index (χ1n) is 6.09. The predicted octanol–water partition coefficient (Wildman–Crippen LogP) is 2.03. The van der Waals surface area contributed by atoms with Crippen LogP contribution in [0.2, 0.25) is 0 Å². The number of fused-ring (bicyclic) bond motifs is 1. The van der Waals surface area contributed by atoms with Gasteiger partial charge in [0.15, 0.2) is 6.29 Å². The fourth-order valence-corrected chi connectivity index (χ4v) is 2.27. The van der Waals surface area contributed by atoms with Crippen molar-refractivity contribution in [2.24, 2.45) is 0 Å². The second-order valence-electron chi connectivity index (χ2n) is 4.34. The van der Waals surface area contributed by atoms with Gasteiger partial charge in [-0.2, -0.15) is 0 Å². The molecule has 0 saturated carbocycles. The standard InChI is InChI=1S/C14H15NO3/c16-13(9-14-17-7-8-18-14)11-3-1-5-12-10(11)4-2-6-15-12/h1-6,13-14,16H,7-9H2. The van der Waals surface area contributed by atoms with Crippen molar-refractivity contribution in [3.05, 3.63) is 42.1 Å². The number of hydrogen-bond acceptors (Lipinski definition) is 4. The van der Waals surface area contributed by atoms with E-state index in [0.29, 0.717) is 19.6 Å². The minimum absolute atomic E-state index is 0.299. The predicted molar refractivity (Wildman–Crippen MR) is 67.0 cm³/mol. The lowest BCUT2D eigenvalue weighted by Gasteiger charge is -2.16. The summed E-state index contributed by atoms with van der Waals surface area (Å²) in [6.45, 7) is 1.21. The molecule has 1 atom stereocenters. The van der Waals surface area contributed by atoms with Gasteiger partial charge in [-0.15, -0.1) is 0 Å². The maximum Gasteiger partial charge on any atom is 0.160 e. The number of benzene rings is 1. The Kier molecular flexibility index (Phi) is 3.23. The lowest BCUT2D eigenvalue weighted by atomic mass is 10.0. The van der Waals surface area contributed by atoms with Gasteiger partial charge in [0.25, 0.3) is 0 Å². The summed E-state index contributed by atoms with van der Waals surface area (Å²) in [6, 6.07) is 9.61. The average Bonchev–Trinajstić information content (AvgIpc) is 2.91. The van der Waals surface area contributed by atoms with Gasteiger partial charge in [-0.05, 0) is 17.7 Å². The van der Waals surface area contributed by atoms with E-state index in [-0.39, 0.29) is 6.29 Å². The Labute approximate surface area is 105 Å². The van der Waals surface area contributed by atoms with Crippen molar-refractivity contribution in [2.45, 2.75) is 18.8 Å². The molecular weight excluding hydrogens is 230 g/mol. The highest BCUT2D eigenvalue weighted by molar-refractivity contribution is 5.82. The molecule has 4 nitrogen and oxygen atoms in total. The monoisotopic (exact) mass is 245 g/mol. The van der Waals surface area contributed by atoms with E-state index in [9.17, 15) is 5.11 Å². The zero-order valence-electron chi connectivity index (χ0n) is 9.95. The molecule has 0 radical (unpaired) electrons. The maximum absolute atomic E-state index is 10.3. The molecule has 4 heteroatoms. The largest absolute Gasteiger partial charge is 0.388 e. The van der Waals surface area contributed by atoms with Crippen LogP contribution in [0.1, 0.15) is 18.1 Å².